The summed E-state index contributed by atoms with van der Waals surface area (Å²) in [5.74, 6) is 1.17. The number of rotatable bonds is 2. The summed E-state index contributed by atoms with van der Waals surface area (Å²) in [6.45, 7) is 2.09. The molecule has 2 heterocycles. The van der Waals surface area contributed by atoms with E-state index in [4.69, 9.17) is 5.11 Å². The Kier molecular flexibility index (Phi) is 3.17. The smallest absolute Gasteiger partial charge is 0.225 e. The van der Waals surface area contributed by atoms with Crippen LogP contribution in [0.15, 0.2) is 12.4 Å². The fraction of sp³-hybridized carbons (Fsp3) is 0.556. The Morgan fingerprint density at radius 1 is 1.50 bits per heavy atom. The van der Waals surface area contributed by atoms with Crippen molar-refractivity contribution in [2.45, 2.75) is 6.42 Å². The van der Waals surface area contributed by atoms with Crippen molar-refractivity contribution in [2.24, 2.45) is 5.92 Å². The second kappa shape index (κ2) is 4.39. The van der Waals surface area contributed by atoms with Gasteiger partial charge in [-0.1, -0.05) is 0 Å². The molecule has 0 radical (unpaired) electrons. The molecule has 1 saturated heterocycles. The highest BCUT2D eigenvalue weighted by molar-refractivity contribution is 14.1. The number of nitrogens with zero attached hydrogens (tertiary/aromatic N) is 3. The van der Waals surface area contributed by atoms with Gasteiger partial charge in [0.1, 0.15) is 0 Å². The highest BCUT2D eigenvalue weighted by Crippen LogP contribution is 2.19. The van der Waals surface area contributed by atoms with E-state index in [2.05, 4.69) is 37.5 Å². The van der Waals surface area contributed by atoms with Gasteiger partial charge in [-0.25, -0.2) is 9.97 Å². The molecular formula is C9H12IN3O. The number of hydrogen-bond donors (Lipinski definition) is 1. The molecule has 76 valence electrons. The van der Waals surface area contributed by atoms with Gasteiger partial charge >= 0.3 is 0 Å². The van der Waals surface area contributed by atoms with E-state index in [-0.39, 0.29) is 6.61 Å². The fourth-order valence-electron chi connectivity index (χ4n) is 1.63. The van der Waals surface area contributed by atoms with Crippen LogP contribution in [0, 0.1) is 9.49 Å². The average molecular weight is 305 g/mol. The largest absolute Gasteiger partial charge is 0.396 e. The van der Waals surface area contributed by atoms with E-state index >= 15 is 0 Å². The lowest BCUT2D eigenvalue weighted by atomic mass is 10.1. The summed E-state index contributed by atoms with van der Waals surface area (Å²) in [5.41, 5.74) is 0. The van der Waals surface area contributed by atoms with Crippen LogP contribution in [-0.4, -0.2) is 34.8 Å². The zero-order chi connectivity index (χ0) is 9.97. The highest BCUT2D eigenvalue weighted by atomic mass is 127. The lowest BCUT2D eigenvalue weighted by Gasteiger charge is -2.15. The number of aromatic nitrogens is 2. The normalized spacial score (nSPS) is 21.6. The van der Waals surface area contributed by atoms with Gasteiger partial charge in [0.15, 0.2) is 0 Å². The maximum atomic E-state index is 9.01. The van der Waals surface area contributed by atoms with Crippen LogP contribution >= 0.6 is 22.6 Å². The van der Waals surface area contributed by atoms with Gasteiger partial charge in [-0.3, -0.25) is 0 Å². The Labute approximate surface area is 96.5 Å². The minimum Gasteiger partial charge on any atom is -0.396 e. The second-order valence-electron chi connectivity index (χ2n) is 3.48. The summed E-state index contributed by atoms with van der Waals surface area (Å²) in [7, 11) is 0. The van der Waals surface area contributed by atoms with Crippen LogP contribution in [0.25, 0.3) is 0 Å². The average Bonchev–Trinajstić information content (AvgIpc) is 2.67. The van der Waals surface area contributed by atoms with E-state index in [1.165, 1.54) is 0 Å². The Hall–Kier alpha value is -0.430. The van der Waals surface area contributed by atoms with E-state index < -0.39 is 0 Å². The molecule has 1 aliphatic rings. The van der Waals surface area contributed by atoms with E-state index in [9.17, 15) is 0 Å². The van der Waals surface area contributed by atoms with Crippen LogP contribution in [0.1, 0.15) is 6.42 Å². The molecule has 1 unspecified atom stereocenters. The first-order valence-electron chi connectivity index (χ1n) is 4.63. The Balaban J connectivity index is 2.06. The number of aliphatic hydroxyl groups is 1. The van der Waals surface area contributed by atoms with Gasteiger partial charge in [0.05, 0.1) is 0 Å². The second-order valence-corrected chi connectivity index (χ2v) is 4.73. The van der Waals surface area contributed by atoms with Crippen LogP contribution in [0.3, 0.4) is 0 Å². The van der Waals surface area contributed by atoms with Gasteiger partial charge in [0.2, 0.25) is 5.95 Å². The number of halogens is 1. The predicted molar refractivity (Wildman–Crippen MR) is 62.2 cm³/mol. The van der Waals surface area contributed by atoms with Crippen molar-refractivity contribution in [2.75, 3.05) is 24.6 Å². The van der Waals surface area contributed by atoms with Crippen molar-refractivity contribution < 1.29 is 5.11 Å². The third-order valence-electron chi connectivity index (χ3n) is 2.43. The van der Waals surface area contributed by atoms with Crippen molar-refractivity contribution >= 4 is 28.5 Å². The lowest BCUT2D eigenvalue weighted by molar-refractivity contribution is 0.238. The van der Waals surface area contributed by atoms with Crippen molar-refractivity contribution in [3.05, 3.63) is 16.0 Å². The molecule has 0 spiro atoms. The van der Waals surface area contributed by atoms with E-state index in [0.29, 0.717) is 5.92 Å². The lowest BCUT2D eigenvalue weighted by Crippen LogP contribution is -2.22. The van der Waals surface area contributed by atoms with Crippen LogP contribution in [-0.2, 0) is 0 Å². The summed E-state index contributed by atoms with van der Waals surface area (Å²) >= 11 is 2.19. The van der Waals surface area contributed by atoms with Crippen molar-refractivity contribution in [3.8, 4) is 0 Å². The first-order valence-corrected chi connectivity index (χ1v) is 5.71. The molecule has 1 aromatic rings. The quantitative estimate of drug-likeness (QED) is 0.825. The third kappa shape index (κ3) is 2.14. The monoisotopic (exact) mass is 305 g/mol. The molecule has 5 heteroatoms. The minimum atomic E-state index is 0.265. The molecule has 14 heavy (non-hydrogen) atoms. The van der Waals surface area contributed by atoms with E-state index in [0.717, 1.165) is 29.0 Å². The predicted octanol–water partition coefficient (Wildman–Crippen LogP) is 0.900. The molecule has 1 aliphatic heterocycles. The van der Waals surface area contributed by atoms with Crippen molar-refractivity contribution in [1.82, 2.24) is 9.97 Å². The standard InChI is InChI=1S/C9H12IN3O/c10-8-3-11-9(12-4-8)13-2-1-7(5-13)6-14/h3-4,7,14H,1-2,5-6H2. The first-order chi connectivity index (χ1) is 6.79. The zero-order valence-corrected chi connectivity index (χ0v) is 9.88. The molecule has 0 saturated carbocycles. The summed E-state index contributed by atoms with van der Waals surface area (Å²) in [6.07, 6.45) is 4.66. The maximum absolute atomic E-state index is 9.01. The van der Waals surface area contributed by atoms with Crippen LogP contribution in [0.4, 0.5) is 5.95 Å². The topological polar surface area (TPSA) is 49.2 Å². The third-order valence-corrected chi connectivity index (χ3v) is 2.99. The fourth-order valence-corrected chi connectivity index (χ4v) is 1.91. The molecule has 0 aliphatic carbocycles. The zero-order valence-electron chi connectivity index (χ0n) is 7.73. The van der Waals surface area contributed by atoms with Crippen LogP contribution in [0.2, 0.25) is 0 Å². The molecule has 0 amide bonds. The maximum Gasteiger partial charge on any atom is 0.225 e. The Morgan fingerprint density at radius 3 is 2.79 bits per heavy atom. The van der Waals surface area contributed by atoms with Crippen molar-refractivity contribution in [3.63, 3.8) is 0 Å². The minimum absolute atomic E-state index is 0.265. The van der Waals surface area contributed by atoms with Gasteiger partial charge in [-0.05, 0) is 29.0 Å². The molecule has 1 atom stereocenters. The first kappa shape index (κ1) is 10.1. The Bertz CT molecular complexity index is 303. The highest BCUT2D eigenvalue weighted by Gasteiger charge is 2.23. The van der Waals surface area contributed by atoms with Gasteiger partial charge in [-0.2, -0.15) is 0 Å². The van der Waals surface area contributed by atoms with Gasteiger partial charge in [-0.15, -0.1) is 0 Å². The van der Waals surface area contributed by atoms with Crippen molar-refractivity contribution in [1.29, 1.82) is 0 Å². The summed E-state index contributed by atoms with van der Waals surface area (Å²) < 4.78 is 1.05. The molecule has 0 bridgehead atoms. The van der Waals surface area contributed by atoms with E-state index in [1.54, 1.807) is 0 Å². The number of anilines is 1. The molecule has 0 aromatic carbocycles. The SMILES string of the molecule is OCC1CCN(c2ncc(I)cn2)C1. The summed E-state index contributed by atoms with van der Waals surface area (Å²) in [4.78, 5) is 10.6. The molecule has 2 rings (SSSR count). The molecule has 1 N–H and O–H groups in total. The molecule has 1 aromatic heterocycles. The summed E-state index contributed by atoms with van der Waals surface area (Å²) in [6, 6.07) is 0. The van der Waals surface area contributed by atoms with Gasteiger partial charge < -0.3 is 10.0 Å². The van der Waals surface area contributed by atoms with Gasteiger partial charge in [0.25, 0.3) is 0 Å². The summed E-state index contributed by atoms with van der Waals surface area (Å²) in [5, 5.41) is 9.01. The Morgan fingerprint density at radius 2 is 2.21 bits per heavy atom. The molecular weight excluding hydrogens is 293 g/mol. The number of aliphatic hydroxyl groups excluding tert-OH is 1. The molecule has 1 fully saturated rings. The number of hydrogen-bond acceptors (Lipinski definition) is 4. The van der Waals surface area contributed by atoms with Crippen LogP contribution in [0.5, 0.6) is 0 Å². The van der Waals surface area contributed by atoms with Crippen LogP contribution < -0.4 is 4.90 Å². The molecule has 4 nitrogen and oxygen atoms in total. The van der Waals surface area contributed by atoms with E-state index in [1.807, 2.05) is 12.4 Å². The van der Waals surface area contributed by atoms with Gasteiger partial charge in [0, 0.05) is 41.6 Å².